The Hall–Kier alpha value is -1.29. The molecule has 0 bridgehead atoms. The third kappa shape index (κ3) is 5.47. The number of carbonyl (C=O) groups excluding carboxylic acids is 1. The first kappa shape index (κ1) is 14.1. The molecule has 0 atom stereocenters. The van der Waals surface area contributed by atoms with Crippen LogP contribution in [0.2, 0.25) is 0 Å². The zero-order valence-corrected chi connectivity index (χ0v) is 12.0. The molecule has 1 aromatic heterocycles. The number of rotatable bonds is 8. The van der Waals surface area contributed by atoms with E-state index in [2.05, 4.69) is 36.7 Å². The van der Waals surface area contributed by atoms with Crippen LogP contribution in [0.1, 0.15) is 38.7 Å². The molecule has 2 N–H and O–H groups in total. The molecule has 0 unspecified atom stereocenters. The van der Waals surface area contributed by atoms with E-state index in [9.17, 15) is 4.79 Å². The zero-order chi connectivity index (χ0) is 13.7. The van der Waals surface area contributed by atoms with Gasteiger partial charge in [-0.15, -0.1) is 0 Å². The summed E-state index contributed by atoms with van der Waals surface area (Å²) in [6, 6.07) is 2.80. The average molecular weight is 263 g/mol. The van der Waals surface area contributed by atoms with Crippen LogP contribution in [0.25, 0.3) is 0 Å². The molecule has 19 heavy (non-hydrogen) atoms. The Morgan fingerprint density at radius 3 is 2.95 bits per heavy atom. The summed E-state index contributed by atoms with van der Waals surface area (Å²) in [4.78, 5) is 11.7. The van der Waals surface area contributed by atoms with Crippen molar-refractivity contribution in [2.24, 2.45) is 5.92 Å². The smallest absolute Gasteiger partial charge is 0.239 e. The summed E-state index contributed by atoms with van der Waals surface area (Å²) in [6.45, 7) is 6.43. The minimum Gasteiger partial charge on any atom is -0.355 e. The molecular formula is C15H25N3O. The van der Waals surface area contributed by atoms with E-state index in [1.165, 1.54) is 18.4 Å². The van der Waals surface area contributed by atoms with E-state index in [-0.39, 0.29) is 5.91 Å². The summed E-state index contributed by atoms with van der Waals surface area (Å²) in [5.74, 6) is 0.727. The van der Waals surface area contributed by atoms with Crippen molar-refractivity contribution in [2.75, 3.05) is 6.54 Å². The number of amides is 1. The van der Waals surface area contributed by atoms with Gasteiger partial charge in [-0.1, -0.05) is 13.8 Å². The van der Waals surface area contributed by atoms with Crippen molar-refractivity contribution in [3.05, 3.63) is 24.0 Å². The quantitative estimate of drug-likeness (QED) is 0.752. The van der Waals surface area contributed by atoms with Gasteiger partial charge in [0.15, 0.2) is 0 Å². The number of hydrogen-bond donors (Lipinski definition) is 2. The molecule has 4 nitrogen and oxygen atoms in total. The summed E-state index contributed by atoms with van der Waals surface area (Å²) in [5, 5.41) is 6.43. The van der Waals surface area contributed by atoms with Gasteiger partial charge in [-0.3, -0.25) is 4.79 Å². The lowest BCUT2D eigenvalue weighted by atomic mass is 10.1. The van der Waals surface area contributed by atoms with Crippen molar-refractivity contribution < 1.29 is 4.79 Å². The maximum Gasteiger partial charge on any atom is 0.239 e. The van der Waals surface area contributed by atoms with Crippen molar-refractivity contribution in [3.63, 3.8) is 0 Å². The highest BCUT2D eigenvalue weighted by Gasteiger charge is 2.19. The minimum absolute atomic E-state index is 0.0953. The lowest BCUT2D eigenvalue weighted by Gasteiger charge is -2.07. The van der Waals surface area contributed by atoms with Crippen molar-refractivity contribution in [2.45, 2.75) is 52.2 Å². The number of aromatic nitrogens is 1. The van der Waals surface area contributed by atoms with E-state index in [1.807, 2.05) is 10.8 Å². The van der Waals surface area contributed by atoms with E-state index in [0.717, 1.165) is 25.6 Å². The second kappa shape index (κ2) is 6.75. The Labute approximate surface area is 115 Å². The van der Waals surface area contributed by atoms with Gasteiger partial charge in [-0.2, -0.15) is 0 Å². The van der Waals surface area contributed by atoms with E-state index in [4.69, 9.17) is 0 Å². The molecule has 4 heteroatoms. The van der Waals surface area contributed by atoms with Gasteiger partial charge in [0.2, 0.25) is 5.91 Å². The first-order chi connectivity index (χ1) is 9.13. The number of carbonyl (C=O) groups is 1. The second-order valence-corrected chi connectivity index (χ2v) is 5.88. The number of nitrogens with one attached hydrogen (secondary N) is 2. The van der Waals surface area contributed by atoms with Crippen LogP contribution in [0.5, 0.6) is 0 Å². The molecule has 1 heterocycles. The van der Waals surface area contributed by atoms with Crippen molar-refractivity contribution >= 4 is 5.91 Å². The molecule has 1 amide bonds. The maximum atomic E-state index is 11.7. The highest BCUT2D eigenvalue weighted by Crippen LogP contribution is 2.19. The monoisotopic (exact) mass is 263 g/mol. The summed E-state index contributed by atoms with van der Waals surface area (Å²) >= 11 is 0. The predicted octanol–water partition coefficient (Wildman–Crippen LogP) is 1.90. The minimum atomic E-state index is 0.0953. The predicted molar refractivity (Wildman–Crippen MR) is 76.8 cm³/mol. The fraction of sp³-hybridized carbons (Fsp3) is 0.667. The van der Waals surface area contributed by atoms with Crippen LogP contribution in [0.4, 0.5) is 0 Å². The van der Waals surface area contributed by atoms with Gasteiger partial charge in [-0.05, 0) is 36.8 Å². The van der Waals surface area contributed by atoms with Crippen LogP contribution in [-0.2, 0) is 17.9 Å². The largest absolute Gasteiger partial charge is 0.355 e. The van der Waals surface area contributed by atoms with Crippen molar-refractivity contribution in [3.8, 4) is 0 Å². The Kier molecular flexibility index (Phi) is 5.02. The third-order valence-corrected chi connectivity index (χ3v) is 3.35. The second-order valence-electron chi connectivity index (χ2n) is 5.88. The molecule has 1 aliphatic carbocycles. The van der Waals surface area contributed by atoms with Crippen molar-refractivity contribution in [1.29, 1.82) is 0 Å². The summed E-state index contributed by atoms with van der Waals surface area (Å²) < 4.78 is 1.95. The van der Waals surface area contributed by atoms with Crippen LogP contribution in [-0.4, -0.2) is 23.1 Å². The van der Waals surface area contributed by atoms with Crippen LogP contribution in [0.3, 0.4) is 0 Å². The van der Waals surface area contributed by atoms with Gasteiger partial charge >= 0.3 is 0 Å². The van der Waals surface area contributed by atoms with E-state index < -0.39 is 0 Å². The summed E-state index contributed by atoms with van der Waals surface area (Å²) in [6.07, 6.45) is 7.68. The molecule has 106 valence electrons. The van der Waals surface area contributed by atoms with Gasteiger partial charge in [0, 0.05) is 31.5 Å². The molecule has 0 spiro atoms. The maximum absolute atomic E-state index is 11.7. The first-order valence-corrected chi connectivity index (χ1v) is 7.28. The van der Waals surface area contributed by atoms with E-state index >= 15 is 0 Å². The normalized spacial score (nSPS) is 14.9. The molecule has 1 saturated carbocycles. The molecule has 0 saturated heterocycles. The molecule has 1 aromatic rings. The van der Waals surface area contributed by atoms with Gasteiger partial charge in [0.05, 0.1) is 0 Å². The van der Waals surface area contributed by atoms with Gasteiger partial charge < -0.3 is 15.2 Å². The molecule has 0 aliphatic heterocycles. The summed E-state index contributed by atoms with van der Waals surface area (Å²) in [5.41, 5.74) is 1.25. The molecule has 0 radical (unpaired) electrons. The fourth-order valence-electron chi connectivity index (χ4n) is 1.97. The van der Waals surface area contributed by atoms with Gasteiger partial charge in [-0.25, -0.2) is 0 Å². The van der Waals surface area contributed by atoms with Crippen LogP contribution in [0.15, 0.2) is 18.5 Å². The Morgan fingerprint density at radius 2 is 2.26 bits per heavy atom. The molecule has 2 rings (SSSR count). The van der Waals surface area contributed by atoms with Crippen molar-refractivity contribution in [1.82, 2.24) is 15.2 Å². The Morgan fingerprint density at radius 1 is 1.47 bits per heavy atom. The Bertz CT molecular complexity index is 407. The van der Waals surface area contributed by atoms with Gasteiger partial charge in [0.25, 0.3) is 0 Å². The lowest BCUT2D eigenvalue weighted by Crippen LogP contribution is -2.28. The lowest BCUT2D eigenvalue weighted by molar-refractivity contribution is -0.121. The molecule has 1 aliphatic rings. The average Bonchev–Trinajstić information content (AvgIpc) is 3.07. The van der Waals surface area contributed by atoms with Gasteiger partial charge in [0.1, 0.15) is 6.54 Å². The number of hydrogen-bond acceptors (Lipinski definition) is 2. The summed E-state index contributed by atoms with van der Waals surface area (Å²) in [7, 11) is 0. The molecular weight excluding hydrogens is 238 g/mol. The van der Waals surface area contributed by atoms with E-state index in [0.29, 0.717) is 12.5 Å². The Balaban J connectivity index is 1.67. The van der Waals surface area contributed by atoms with Crippen LogP contribution >= 0.6 is 0 Å². The highest BCUT2D eigenvalue weighted by atomic mass is 16.1. The topological polar surface area (TPSA) is 46.1 Å². The molecule has 1 fully saturated rings. The fourth-order valence-corrected chi connectivity index (χ4v) is 1.97. The first-order valence-electron chi connectivity index (χ1n) is 7.28. The molecule has 0 aromatic carbocycles. The number of nitrogens with zero attached hydrogens (tertiary/aromatic N) is 1. The van der Waals surface area contributed by atoms with Crippen LogP contribution < -0.4 is 10.6 Å². The highest BCUT2D eigenvalue weighted by molar-refractivity contribution is 5.75. The van der Waals surface area contributed by atoms with Crippen LogP contribution in [0, 0.1) is 5.92 Å². The van der Waals surface area contributed by atoms with E-state index in [1.54, 1.807) is 0 Å². The SMILES string of the molecule is CC(C)CCNC(=O)Cn1ccc(CNC2CC2)c1. The standard InChI is InChI=1S/C15H25N3O/c1-12(2)5-7-16-15(19)11-18-8-6-13(10-18)9-17-14-3-4-14/h6,8,10,12,14,17H,3-5,7,9,11H2,1-2H3,(H,16,19). The third-order valence-electron chi connectivity index (χ3n) is 3.35. The zero-order valence-electron chi connectivity index (χ0n) is 12.0.